The van der Waals surface area contributed by atoms with Crippen LogP contribution in [0.3, 0.4) is 0 Å². The molecule has 2 heterocycles. The van der Waals surface area contributed by atoms with E-state index in [2.05, 4.69) is 15.2 Å². The van der Waals surface area contributed by atoms with Crippen molar-refractivity contribution < 1.29 is 9.18 Å². The molecule has 4 nitrogen and oxygen atoms in total. The molecular weight excluding hydrogens is 337 g/mol. The first kappa shape index (κ1) is 17.7. The Labute approximate surface area is 151 Å². The Morgan fingerprint density at radius 2 is 2.04 bits per heavy atom. The van der Waals surface area contributed by atoms with Gasteiger partial charge in [-0.05, 0) is 36.6 Å². The fraction of sp³-hybridized carbons (Fsp3) is 0.368. The van der Waals surface area contributed by atoms with E-state index in [0.717, 1.165) is 24.5 Å². The fourth-order valence-electron chi connectivity index (χ4n) is 2.84. The van der Waals surface area contributed by atoms with E-state index < -0.39 is 0 Å². The second kappa shape index (κ2) is 8.85. The third-order valence-electron chi connectivity index (χ3n) is 4.19. The van der Waals surface area contributed by atoms with E-state index in [4.69, 9.17) is 0 Å². The number of nitrogens with one attached hydrogen (secondary N) is 1. The van der Waals surface area contributed by atoms with Crippen LogP contribution in [0.4, 0.5) is 10.1 Å². The number of halogens is 1. The summed E-state index contributed by atoms with van der Waals surface area (Å²) < 4.78 is 13.5. The summed E-state index contributed by atoms with van der Waals surface area (Å²) in [5.41, 5.74) is 2.20. The minimum atomic E-state index is -0.179. The Bertz CT molecular complexity index is 719. The lowest BCUT2D eigenvalue weighted by Gasteiger charge is -2.17. The minimum Gasteiger partial charge on any atom is -0.371 e. The minimum absolute atomic E-state index is 0.160. The topological polar surface area (TPSA) is 45.2 Å². The summed E-state index contributed by atoms with van der Waals surface area (Å²) in [6.07, 6.45) is 4.08. The highest BCUT2D eigenvalue weighted by molar-refractivity contribution is 7.98. The second-order valence-corrected chi connectivity index (χ2v) is 7.10. The van der Waals surface area contributed by atoms with Crippen molar-refractivity contribution in [2.45, 2.75) is 18.6 Å². The number of carbonyl (C=O) groups is 1. The Hall–Kier alpha value is -2.08. The molecule has 1 N–H and O–H groups in total. The summed E-state index contributed by atoms with van der Waals surface area (Å²) in [7, 11) is 0. The van der Waals surface area contributed by atoms with Crippen molar-refractivity contribution >= 4 is 23.4 Å². The molecule has 0 bridgehead atoms. The molecule has 0 aliphatic carbocycles. The Kier molecular flexibility index (Phi) is 6.28. The van der Waals surface area contributed by atoms with Crippen LogP contribution in [-0.4, -0.2) is 36.3 Å². The van der Waals surface area contributed by atoms with E-state index in [1.807, 2.05) is 18.2 Å². The molecule has 1 aromatic heterocycles. The molecule has 1 amide bonds. The number of amides is 1. The van der Waals surface area contributed by atoms with E-state index >= 15 is 0 Å². The monoisotopic (exact) mass is 359 g/mol. The highest BCUT2D eigenvalue weighted by Gasteiger charge is 2.14. The molecule has 1 saturated heterocycles. The molecule has 6 heteroatoms. The van der Waals surface area contributed by atoms with Gasteiger partial charge in [0.15, 0.2) is 0 Å². The maximum Gasteiger partial charge on any atom is 0.269 e. The molecule has 1 fully saturated rings. The first-order valence-corrected chi connectivity index (χ1v) is 9.70. The maximum atomic E-state index is 13.5. The zero-order valence-electron chi connectivity index (χ0n) is 14.1. The number of hydrogen-bond donors (Lipinski definition) is 1. The van der Waals surface area contributed by atoms with Crippen LogP contribution in [0.2, 0.25) is 0 Å². The number of anilines is 1. The van der Waals surface area contributed by atoms with Crippen molar-refractivity contribution in [1.29, 1.82) is 0 Å². The van der Waals surface area contributed by atoms with Gasteiger partial charge in [0, 0.05) is 43.0 Å². The predicted octanol–water partition coefficient (Wildman–Crippen LogP) is 3.48. The van der Waals surface area contributed by atoms with Gasteiger partial charge in [-0.2, -0.15) is 11.8 Å². The van der Waals surface area contributed by atoms with Crippen LogP contribution >= 0.6 is 11.8 Å². The molecular formula is C19H22FN3OS. The van der Waals surface area contributed by atoms with Crippen molar-refractivity contribution in [3.8, 4) is 0 Å². The molecule has 0 radical (unpaired) electrons. The second-order valence-electron chi connectivity index (χ2n) is 5.99. The third-order valence-corrected chi connectivity index (χ3v) is 5.20. The number of nitrogens with zero attached hydrogens (tertiary/aromatic N) is 2. The predicted molar refractivity (Wildman–Crippen MR) is 101 cm³/mol. The van der Waals surface area contributed by atoms with Crippen LogP contribution in [0.1, 0.15) is 28.9 Å². The first-order valence-electron chi connectivity index (χ1n) is 8.54. The van der Waals surface area contributed by atoms with Gasteiger partial charge in [0.2, 0.25) is 0 Å². The van der Waals surface area contributed by atoms with Gasteiger partial charge in [-0.3, -0.25) is 9.78 Å². The zero-order valence-corrected chi connectivity index (χ0v) is 14.9. The highest BCUT2D eigenvalue weighted by Crippen LogP contribution is 2.20. The molecule has 0 spiro atoms. The Morgan fingerprint density at radius 3 is 2.84 bits per heavy atom. The molecule has 0 saturated carbocycles. The standard InChI is InChI=1S/C19H22FN3OS/c20-17-6-2-1-5-15(17)14-25-12-9-22-19(24)18-13-16(7-8-21-18)23-10-3-4-11-23/h1-2,5-8,13H,3-4,9-12,14H2,(H,22,24). The van der Waals surface area contributed by atoms with Crippen molar-refractivity contribution in [2.24, 2.45) is 0 Å². The average molecular weight is 359 g/mol. The lowest BCUT2D eigenvalue weighted by molar-refractivity contribution is 0.0951. The van der Waals surface area contributed by atoms with Crippen molar-refractivity contribution in [3.63, 3.8) is 0 Å². The molecule has 3 rings (SSSR count). The van der Waals surface area contributed by atoms with Crippen LogP contribution in [0.25, 0.3) is 0 Å². The van der Waals surface area contributed by atoms with Crippen LogP contribution in [-0.2, 0) is 5.75 Å². The average Bonchev–Trinajstić information content (AvgIpc) is 3.17. The van der Waals surface area contributed by atoms with Gasteiger partial charge < -0.3 is 10.2 Å². The number of aromatic nitrogens is 1. The molecule has 25 heavy (non-hydrogen) atoms. The van der Waals surface area contributed by atoms with Gasteiger partial charge in [0.25, 0.3) is 5.91 Å². The summed E-state index contributed by atoms with van der Waals surface area (Å²) in [5.74, 6) is 0.992. The molecule has 0 atom stereocenters. The molecule has 132 valence electrons. The van der Waals surface area contributed by atoms with Crippen molar-refractivity contribution in [3.05, 3.63) is 59.7 Å². The normalized spacial score (nSPS) is 13.9. The van der Waals surface area contributed by atoms with Gasteiger partial charge >= 0.3 is 0 Å². The number of pyridine rings is 1. The van der Waals surface area contributed by atoms with E-state index in [0.29, 0.717) is 23.6 Å². The van der Waals surface area contributed by atoms with Crippen LogP contribution in [0.15, 0.2) is 42.6 Å². The molecule has 0 unspecified atom stereocenters. The van der Waals surface area contributed by atoms with Crippen molar-refractivity contribution in [2.75, 3.05) is 30.3 Å². The summed E-state index contributed by atoms with van der Waals surface area (Å²) in [6.45, 7) is 2.61. The van der Waals surface area contributed by atoms with E-state index in [9.17, 15) is 9.18 Å². The number of hydrogen-bond acceptors (Lipinski definition) is 4. The smallest absolute Gasteiger partial charge is 0.269 e. The lowest BCUT2D eigenvalue weighted by atomic mass is 10.2. The summed E-state index contributed by atoms with van der Waals surface area (Å²) in [5, 5.41) is 2.88. The quantitative estimate of drug-likeness (QED) is 0.769. The van der Waals surface area contributed by atoms with Crippen molar-refractivity contribution in [1.82, 2.24) is 10.3 Å². The zero-order chi connectivity index (χ0) is 17.5. The third kappa shape index (κ3) is 4.95. The van der Waals surface area contributed by atoms with Crippen LogP contribution in [0, 0.1) is 5.82 Å². The van der Waals surface area contributed by atoms with Crippen LogP contribution in [0.5, 0.6) is 0 Å². The fourth-order valence-corrected chi connectivity index (χ4v) is 3.69. The molecule has 1 aliphatic rings. The van der Waals surface area contributed by atoms with E-state index in [1.165, 1.54) is 18.9 Å². The summed E-state index contributed by atoms with van der Waals surface area (Å²) >= 11 is 1.60. The molecule has 1 aliphatic heterocycles. The van der Waals surface area contributed by atoms with Gasteiger partial charge in [-0.15, -0.1) is 0 Å². The number of carbonyl (C=O) groups excluding carboxylic acids is 1. The SMILES string of the molecule is O=C(NCCSCc1ccccc1F)c1cc(N2CCCC2)ccn1. The van der Waals surface area contributed by atoms with E-state index in [-0.39, 0.29) is 11.7 Å². The molecule has 2 aromatic rings. The largest absolute Gasteiger partial charge is 0.371 e. The number of benzene rings is 1. The first-order chi connectivity index (χ1) is 12.2. The molecule has 1 aromatic carbocycles. The van der Waals surface area contributed by atoms with Gasteiger partial charge in [0.1, 0.15) is 11.5 Å². The summed E-state index contributed by atoms with van der Waals surface area (Å²) in [6, 6.07) is 10.6. The van der Waals surface area contributed by atoms with E-state index in [1.54, 1.807) is 30.1 Å². The van der Waals surface area contributed by atoms with Gasteiger partial charge in [-0.25, -0.2) is 4.39 Å². The lowest BCUT2D eigenvalue weighted by Crippen LogP contribution is -2.27. The van der Waals surface area contributed by atoms with Gasteiger partial charge in [0.05, 0.1) is 0 Å². The maximum absolute atomic E-state index is 13.5. The Balaban J connectivity index is 1.43. The highest BCUT2D eigenvalue weighted by atomic mass is 32.2. The van der Waals surface area contributed by atoms with Crippen LogP contribution < -0.4 is 10.2 Å². The summed E-state index contributed by atoms with van der Waals surface area (Å²) in [4.78, 5) is 18.7. The van der Waals surface area contributed by atoms with Gasteiger partial charge in [-0.1, -0.05) is 18.2 Å². The number of rotatable bonds is 7. The number of thioether (sulfide) groups is 1. The Morgan fingerprint density at radius 1 is 1.24 bits per heavy atom.